The van der Waals surface area contributed by atoms with Crippen molar-refractivity contribution in [1.29, 1.82) is 0 Å². The molecule has 0 aliphatic heterocycles. The first-order valence-corrected chi connectivity index (χ1v) is 7.42. The van der Waals surface area contributed by atoms with E-state index < -0.39 is 0 Å². The number of hydrogen-bond acceptors (Lipinski definition) is 4. The van der Waals surface area contributed by atoms with Crippen LogP contribution in [-0.2, 0) is 13.2 Å². The Hall–Kier alpha value is -1.10. The Balaban J connectivity index is 2.08. The summed E-state index contributed by atoms with van der Waals surface area (Å²) in [7, 11) is 0. The number of hydrogen-bond donors (Lipinski definition) is 1. The second kappa shape index (κ2) is 6.89. The normalized spacial score (nSPS) is 10.7. The van der Waals surface area contributed by atoms with Gasteiger partial charge in [0.25, 0.3) is 0 Å². The molecule has 1 aromatic heterocycles. The van der Waals surface area contributed by atoms with E-state index in [1.165, 1.54) is 0 Å². The van der Waals surface area contributed by atoms with Gasteiger partial charge in [-0.25, -0.2) is 4.98 Å². The summed E-state index contributed by atoms with van der Waals surface area (Å²) in [4.78, 5) is 5.34. The van der Waals surface area contributed by atoms with Gasteiger partial charge < -0.3 is 10.1 Å². The number of rotatable bonds is 6. The van der Waals surface area contributed by atoms with Crippen LogP contribution in [0, 0.1) is 6.92 Å². The molecule has 102 valence electrons. The molecule has 0 saturated carbocycles. The van der Waals surface area contributed by atoms with Crippen molar-refractivity contribution in [3.63, 3.8) is 0 Å². The Kier molecular flexibility index (Phi) is 5.19. The van der Waals surface area contributed by atoms with Crippen LogP contribution in [0.15, 0.2) is 24.4 Å². The molecule has 3 nitrogen and oxygen atoms in total. The molecule has 5 heteroatoms. The third-order valence-corrected chi connectivity index (χ3v) is 3.91. The smallest absolute Gasteiger partial charge is 0.125 e. The first kappa shape index (κ1) is 14.3. The van der Waals surface area contributed by atoms with Crippen LogP contribution in [0.4, 0.5) is 0 Å². The van der Waals surface area contributed by atoms with Crippen LogP contribution in [0.2, 0.25) is 5.02 Å². The van der Waals surface area contributed by atoms with Gasteiger partial charge in [-0.3, -0.25) is 0 Å². The second-order valence-corrected chi connectivity index (χ2v) is 5.86. The van der Waals surface area contributed by atoms with Crippen molar-refractivity contribution in [2.75, 3.05) is 6.54 Å². The van der Waals surface area contributed by atoms with Gasteiger partial charge in [0.2, 0.25) is 0 Å². The van der Waals surface area contributed by atoms with E-state index in [0.29, 0.717) is 13.2 Å². The SMILES string of the molecule is CCNCc1c(Cl)cccc1OCc1cnc(C)s1. The van der Waals surface area contributed by atoms with Gasteiger partial charge in [0, 0.05) is 23.3 Å². The maximum atomic E-state index is 6.22. The quantitative estimate of drug-likeness (QED) is 0.880. The second-order valence-electron chi connectivity index (χ2n) is 4.13. The van der Waals surface area contributed by atoms with E-state index in [1.54, 1.807) is 11.3 Å². The molecule has 0 saturated heterocycles. The molecule has 1 aromatic carbocycles. The average molecular weight is 297 g/mol. The van der Waals surface area contributed by atoms with Crippen molar-refractivity contribution in [2.24, 2.45) is 0 Å². The molecule has 1 heterocycles. The number of aromatic nitrogens is 1. The van der Waals surface area contributed by atoms with Crippen LogP contribution in [0.5, 0.6) is 5.75 Å². The number of nitrogens with one attached hydrogen (secondary N) is 1. The summed E-state index contributed by atoms with van der Waals surface area (Å²) in [5.41, 5.74) is 1.01. The molecule has 0 amide bonds. The maximum Gasteiger partial charge on any atom is 0.125 e. The minimum Gasteiger partial charge on any atom is -0.488 e. The van der Waals surface area contributed by atoms with Gasteiger partial charge in [-0.05, 0) is 25.6 Å². The summed E-state index contributed by atoms with van der Waals surface area (Å²) < 4.78 is 5.86. The highest BCUT2D eigenvalue weighted by Gasteiger charge is 2.08. The van der Waals surface area contributed by atoms with Gasteiger partial charge in [-0.15, -0.1) is 11.3 Å². The van der Waals surface area contributed by atoms with E-state index in [0.717, 1.165) is 32.8 Å². The van der Waals surface area contributed by atoms with Crippen molar-refractivity contribution >= 4 is 22.9 Å². The van der Waals surface area contributed by atoms with Crippen LogP contribution >= 0.6 is 22.9 Å². The average Bonchev–Trinajstić information content (AvgIpc) is 2.81. The van der Waals surface area contributed by atoms with Crippen LogP contribution in [0.1, 0.15) is 22.4 Å². The lowest BCUT2D eigenvalue weighted by Crippen LogP contribution is -2.13. The van der Waals surface area contributed by atoms with Gasteiger partial charge in [0.1, 0.15) is 12.4 Å². The Labute approximate surface area is 122 Å². The summed E-state index contributed by atoms with van der Waals surface area (Å²) in [6, 6.07) is 5.75. The molecular formula is C14H17ClN2OS. The third-order valence-electron chi connectivity index (χ3n) is 2.67. The Bertz CT molecular complexity index is 542. The van der Waals surface area contributed by atoms with Gasteiger partial charge in [0.15, 0.2) is 0 Å². The van der Waals surface area contributed by atoms with E-state index in [2.05, 4.69) is 17.2 Å². The molecule has 0 bridgehead atoms. The summed E-state index contributed by atoms with van der Waals surface area (Å²) in [5.74, 6) is 0.833. The lowest BCUT2D eigenvalue weighted by molar-refractivity contribution is 0.305. The third kappa shape index (κ3) is 3.93. The molecule has 2 aromatic rings. The molecule has 0 aliphatic carbocycles. The topological polar surface area (TPSA) is 34.1 Å². The highest BCUT2D eigenvalue weighted by atomic mass is 35.5. The van der Waals surface area contributed by atoms with Crippen LogP contribution in [0.3, 0.4) is 0 Å². The van der Waals surface area contributed by atoms with Crippen molar-refractivity contribution in [2.45, 2.75) is 27.0 Å². The standard InChI is InChI=1S/C14H17ClN2OS/c1-3-16-8-12-13(15)5-4-6-14(12)18-9-11-7-17-10(2)19-11/h4-7,16H,3,8-9H2,1-2H3. The van der Waals surface area contributed by atoms with E-state index in [9.17, 15) is 0 Å². The fourth-order valence-electron chi connectivity index (χ4n) is 1.72. The first-order chi connectivity index (χ1) is 9.20. The first-order valence-electron chi connectivity index (χ1n) is 6.23. The zero-order valence-electron chi connectivity index (χ0n) is 11.1. The lowest BCUT2D eigenvalue weighted by Gasteiger charge is -2.12. The lowest BCUT2D eigenvalue weighted by atomic mass is 10.2. The number of aryl methyl sites for hydroxylation is 1. The van der Waals surface area contributed by atoms with E-state index in [4.69, 9.17) is 16.3 Å². The van der Waals surface area contributed by atoms with Crippen LogP contribution < -0.4 is 10.1 Å². The number of halogens is 1. The molecule has 1 N–H and O–H groups in total. The largest absolute Gasteiger partial charge is 0.488 e. The fraction of sp³-hybridized carbons (Fsp3) is 0.357. The van der Waals surface area contributed by atoms with E-state index in [1.807, 2.05) is 31.3 Å². The molecule has 0 radical (unpaired) electrons. The summed E-state index contributed by atoms with van der Waals surface area (Å²) >= 11 is 7.87. The van der Waals surface area contributed by atoms with Crippen LogP contribution in [0.25, 0.3) is 0 Å². The summed E-state index contributed by atoms with van der Waals surface area (Å²) in [6.07, 6.45) is 1.86. The Morgan fingerprint density at radius 1 is 1.42 bits per heavy atom. The molecule has 0 unspecified atom stereocenters. The zero-order chi connectivity index (χ0) is 13.7. The van der Waals surface area contributed by atoms with Crippen molar-refractivity contribution in [1.82, 2.24) is 10.3 Å². The Morgan fingerprint density at radius 2 is 2.26 bits per heavy atom. The summed E-state index contributed by atoms with van der Waals surface area (Å²) in [5, 5.41) is 5.06. The zero-order valence-corrected chi connectivity index (χ0v) is 12.6. The molecule has 0 atom stereocenters. The summed E-state index contributed by atoms with van der Waals surface area (Å²) in [6.45, 7) is 6.21. The van der Waals surface area contributed by atoms with Crippen molar-refractivity contribution < 1.29 is 4.74 Å². The molecule has 19 heavy (non-hydrogen) atoms. The van der Waals surface area contributed by atoms with Gasteiger partial charge >= 0.3 is 0 Å². The van der Waals surface area contributed by atoms with Gasteiger partial charge in [0.05, 0.1) is 9.88 Å². The van der Waals surface area contributed by atoms with Crippen LogP contribution in [-0.4, -0.2) is 11.5 Å². The highest BCUT2D eigenvalue weighted by Crippen LogP contribution is 2.27. The minimum absolute atomic E-state index is 0.533. The van der Waals surface area contributed by atoms with Crippen molar-refractivity contribution in [3.8, 4) is 5.75 Å². The predicted octanol–water partition coefficient (Wildman–Crippen LogP) is 3.79. The highest BCUT2D eigenvalue weighted by molar-refractivity contribution is 7.11. The van der Waals surface area contributed by atoms with E-state index >= 15 is 0 Å². The van der Waals surface area contributed by atoms with Gasteiger partial charge in [-0.2, -0.15) is 0 Å². The maximum absolute atomic E-state index is 6.22. The monoisotopic (exact) mass is 296 g/mol. The Morgan fingerprint density at radius 3 is 2.95 bits per heavy atom. The molecule has 0 spiro atoms. The molecule has 2 rings (SSSR count). The molecular weight excluding hydrogens is 280 g/mol. The molecule has 0 aliphatic rings. The molecule has 0 fully saturated rings. The van der Waals surface area contributed by atoms with Gasteiger partial charge in [-0.1, -0.05) is 24.6 Å². The fourth-order valence-corrected chi connectivity index (χ4v) is 2.66. The van der Waals surface area contributed by atoms with Crippen molar-refractivity contribution in [3.05, 3.63) is 44.9 Å². The number of thiazole rings is 1. The predicted molar refractivity (Wildman–Crippen MR) is 80.0 cm³/mol. The number of benzene rings is 1. The van der Waals surface area contributed by atoms with E-state index in [-0.39, 0.29) is 0 Å². The minimum atomic E-state index is 0.533. The number of nitrogens with zero attached hydrogens (tertiary/aromatic N) is 1. The number of ether oxygens (including phenoxy) is 1.